The normalized spacial score (nSPS) is 17.2. The van der Waals surface area contributed by atoms with Gasteiger partial charge >= 0.3 is 6.18 Å². The van der Waals surface area contributed by atoms with Crippen LogP contribution < -0.4 is 20.7 Å². The summed E-state index contributed by atoms with van der Waals surface area (Å²) in [5.74, 6) is -6.77. The number of halogens is 7. The van der Waals surface area contributed by atoms with E-state index in [1.807, 2.05) is 0 Å². The fraction of sp³-hybridized carbons (Fsp3) is 0.464. The number of carbonyl (C=O) groups is 2. The fourth-order valence-electron chi connectivity index (χ4n) is 4.88. The fourth-order valence-corrected chi connectivity index (χ4v) is 4.88. The summed E-state index contributed by atoms with van der Waals surface area (Å²) < 4.78 is 98.9. The lowest BCUT2D eigenvalue weighted by Gasteiger charge is -2.30. The van der Waals surface area contributed by atoms with Crippen molar-refractivity contribution in [3.05, 3.63) is 41.0 Å². The molecule has 0 aliphatic heterocycles. The van der Waals surface area contributed by atoms with Gasteiger partial charge in [-0.3, -0.25) is 9.59 Å². The van der Waals surface area contributed by atoms with E-state index in [9.17, 15) is 40.3 Å². The van der Waals surface area contributed by atoms with Crippen molar-refractivity contribution in [2.45, 2.75) is 70.1 Å². The van der Waals surface area contributed by atoms with Crippen molar-refractivity contribution in [2.75, 3.05) is 11.9 Å². The monoisotopic (exact) mass is 643 g/mol. The third kappa shape index (κ3) is 8.73. The Morgan fingerprint density at radius 3 is 2.44 bits per heavy atom. The van der Waals surface area contributed by atoms with Gasteiger partial charge < -0.3 is 25.7 Å². The van der Waals surface area contributed by atoms with Crippen LogP contribution in [0.5, 0.6) is 5.88 Å². The van der Waals surface area contributed by atoms with Crippen LogP contribution in [-0.2, 0) is 17.3 Å². The number of nitrogens with one attached hydrogen (secondary N) is 4. The molecule has 0 saturated heterocycles. The lowest BCUT2D eigenvalue weighted by molar-refractivity contribution is -0.182. The number of nitriles is 1. The van der Waals surface area contributed by atoms with Gasteiger partial charge in [-0.15, -0.1) is 0 Å². The molecule has 45 heavy (non-hydrogen) atoms. The number of aromatic nitrogens is 3. The Kier molecular flexibility index (Phi) is 10.0. The van der Waals surface area contributed by atoms with Gasteiger partial charge in [0, 0.05) is 25.1 Å². The molecule has 4 rings (SSSR count). The standard InChI is InChI=1S/C28H28F7N7O3/c1-27(31,32)18-7-2-14(12-37-22(43)8-9-36)10-19(18)39-26-40-20-11-17(25(41-23(20)42-26)45-13-21(29)30)24(44)38-16-5-3-15(4-6-16)28(33,34)35/h2,7,10-11,15-16,21H,3-6,8,12-13H2,1H3,(H,37,43)(H,38,44)(H2,39,40,41,42). The number of H-pyrrole nitrogens is 1. The van der Waals surface area contributed by atoms with Gasteiger partial charge in [0.15, 0.2) is 12.3 Å². The number of carbonyl (C=O) groups excluding carboxylic acids is 2. The molecule has 2 aromatic heterocycles. The van der Waals surface area contributed by atoms with E-state index in [1.165, 1.54) is 18.2 Å². The molecule has 0 atom stereocenters. The highest BCUT2D eigenvalue weighted by Crippen LogP contribution is 2.38. The maximum Gasteiger partial charge on any atom is 0.391 e. The molecule has 0 spiro atoms. The van der Waals surface area contributed by atoms with E-state index in [4.69, 9.17) is 10.00 Å². The number of imidazole rings is 1. The number of hydrogen-bond acceptors (Lipinski definition) is 7. The smallest absolute Gasteiger partial charge is 0.391 e. The van der Waals surface area contributed by atoms with Crippen LogP contribution in [0.2, 0.25) is 0 Å². The van der Waals surface area contributed by atoms with Crippen molar-refractivity contribution < 1.29 is 45.1 Å². The summed E-state index contributed by atoms with van der Waals surface area (Å²) in [7, 11) is 0. The third-order valence-electron chi connectivity index (χ3n) is 7.09. The Labute approximate surface area is 251 Å². The van der Waals surface area contributed by atoms with E-state index in [2.05, 4.69) is 30.9 Å². The Morgan fingerprint density at radius 2 is 1.82 bits per heavy atom. The molecule has 0 bridgehead atoms. The van der Waals surface area contributed by atoms with Crippen LogP contribution in [0.25, 0.3) is 11.2 Å². The zero-order valence-electron chi connectivity index (χ0n) is 23.7. The first-order valence-corrected chi connectivity index (χ1v) is 13.7. The number of hydrogen-bond donors (Lipinski definition) is 4. The molecular formula is C28H28F7N7O3. The average molecular weight is 644 g/mol. The Balaban J connectivity index is 1.60. The molecule has 4 N–H and O–H groups in total. The zero-order chi connectivity index (χ0) is 32.9. The van der Waals surface area contributed by atoms with Crippen molar-refractivity contribution in [1.82, 2.24) is 25.6 Å². The minimum absolute atomic E-state index is 0.0579. The van der Waals surface area contributed by atoms with E-state index in [0.29, 0.717) is 12.5 Å². The number of alkyl halides is 7. The van der Waals surface area contributed by atoms with Crippen molar-refractivity contribution in [3.8, 4) is 11.9 Å². The van der Waals surface area contributed by atoms with Crippen molar-refractivity contribution >= 4 is 34.6 Å². The highest BCUT2D eigenvalue weighted by atomic mass is 19.4. The van der Waals surface area contributed by atoms with Crippen LogP contribution in [0.1, 0.15) is 60.5 Å². The lowest BCUT2D eigenvalue weighted by atomic mass is 9.85. The highest BCUT2D eigenvalue weighted by Gasteiger charge is 2.41. The second kappa shape index (κ2) is 13.6. The lowest BCUT2D eigenvalue weighted by Crippen LogP contribution is -2.40. The molecule has 2 amide bonds. The van der Waals surface area contributed by atoms with Crippen molar-refractivity contribution in [1.29, 1.82) is 5.26 Å². The van der Waals surface area contributed by atoms with E-state index >= 15 is 0 Å². The number of fused-ring (bicyclic) bond motifs is 1. The van der Waals surface area contributed by atoms with Crippen LogP contribution in [0.3, 0.4) is 0 Å². The molecular weight excluding hydrogens is 615 g/mol. The third-order valence-corrected chi connectivity index (χ3v) is 7.09. The Hall–Kier alpha value is -4.62. The zero-order valence-corrected chi connectivity index (χ0v) is 23.7. The number of benzene rings is 1. The summed E-state index contributed by atoms with van der Waals surface area (Å²) in [5, 5.41) is 16.4. The second-order valence-electron chi connectivity index (χ2n) is 10.6. The summed E-state index contributed by atoms with van der Waals surface area (Å²) in [5.41, 5.74) is -0.421. The number of ether oxygens (including phenoxy) is 1. The summed E-state index contributed by atoms with van der Waals surface area (Å²) >= 11 is 0. The van der Waals surface area contributed by atoms with E-state index in [-0.39, 0.29) is 67.0 Å². The second-order valence-corrected chi connectivity index (χ2v) is 10.6. The number of pyridine rings is 1. The number of anilines is 2. The van der Waals surface area contributed by atoms with E-state index in [1.54, 1.807) is 6.07 Å². The Bertz CT molecular complexity index is 1570. The van der Waals surface area contributed by atoms with Gasteiger partial charge in [-0.2, -0.15) is 28.4 Å². The minimum atomic E-state index is -4.34. The number of nitrogens with zero attached hydrogens (tertiary/aromatic N) is 3. The van der Waals surface area contributed by atoms with Gasteiger partial charge in [-0.05, 0) is 43.4 Å². The number of amides is 2. The van der Waals surface area contributed by atoms with E-state index in [0.717, 1.165) is 6.07 Å². The summed E-state index contributed by atoms with van der Waals surface area (Å²) in [6.45, 7) is -0.500. The molecule has 10 nitrogen and oxygen atoms in total. The van der Waals surface area contributed by atoms with Crippen LogP contribution in [0, 0.1) is 17.2 Å². The van der Waals surface area contributed by atoms with Crippen LogP contribution in [-0.4, -0.2) is 52.0 Å². The first-order valence-electron chi connectivity index (χ1n) is 13.7. The molecule has 17 heteroatoms. The molecule has 1 aliphatic carbocycles. The summed E-state index contributed by atoms with van der Waals surface area (Å²) in [6, 6.07) is 6.16. The summed E-state index contributed by atoms with van der Waals surface area (Å²) in [6.07, 6.45) is -7.88. The molecule has 242 valence electrons. The first-order chi connectivity index (χ1) is 21.1. The van der Waals surface area contributed by atoms with Crippen LogP contribution in [0.4, 0.5) is 42.4 Å². The predicted octanol–water partition coefficient (Wildman–Crippen LogP) is 5.84. The maximum absolute atomic E-state index is 14.4. The first kappa shape index (κ1) is 33.3. The molecule has 1 aromatic carbocycles. The SMILES string of the molecule is CC(F)(F)c1ccc(CNC(=O)CC#N)cc1Nc1nc2nc(OCC(F)F)c(C(=O)NC3CCC(C(F)(F)F)CC3)cc2[nH]1. The minimum Gasteiger partial charge on any atom is -0.471 e. The molecule has 0 unspecified atom stereocenters. The van der Waals surface area contributed by atoms with Gasteiger partial charge in [0.05, 0.1) is 23.2 Å². The van der Waals surface area contributed by atoms with Crippen molar-refractivity contribution in [2.24, 2.45) is 5.92 Å². The predicted molar refractivity (Wildman–Crippen MR) is 146 cm³/mol. The Morgan fingerprint density at radius 1 is 1.11 bits per heavy atom. The number of aromatic amines is 1. The van der Waals surface area contributed by atoms with Gasteiger partial charge in [-0.1, -0.05) is 12.1 Å². The van der Waals surface area contributed by atoms with Gasteiger partial charge in [0.1, 0.15) is 12.0 Å². The van der Waals surface area contributed by atoms with Crippen LogP contribution in [0.15, 0.2) is 24.3 Å². The molecule has 0 radical (unpaired) electrons. The van der Waals surface area contributed by atoms with Gasteiger partial charge in [-0.25, -0.2) is 17.6 Å². The largest absolute Gasteiger partial charge is 0.471 e. The van der Waals surface area contributed by atoms with Gasteiger partial charge in [0.2, 0.25) is 17.7 Å². The quantitative estimate of drug-likeness (QED) is 0.192. The number of rotatable bonds is 11. The van der Waals surface area contributed by atoms with E-state index < -0.39 is 60.3 Å². The topological polar surface area (TPSA) is 145 Å². The molecule has 2 heterocycles. The molecule has 3 aromatic rings. The molecule has 1 saturated carbocycles. The average Bonchev–Trinajstić information content (AvgIpc) is 3.35. The summed E-state index contributed by atoms with van der Waals surface area (Å²) in [4.78, 5) is 35.8. The molecule has 1 aliphatic rings. The maximum atomic E-state index is 14.4. The highest BCUT2D eigenvalue weighted by molar-refractivity contribution is 5.99. The van der Waals surface area contributed by atoms with Crippen LogP contribution >= 0.6 is 0 Å². The van der Waals surface area contributed by atoms with Gasteiger partial charge in [0.25, 0.3) is 18.3 Å². The van der Waals surface area contributed by atoms with Crippen molar-refractivity contribution in [3.63, 3.8) is 0 Å². The molecule has 1 fully saturated rings.